The predicted octanol–water partition coefficient (Wildman–Crippen LogP) is 3.93. The van der Waals surface area contributed by atoms with Crippen LogP contribution in [0.2, 0.25) is 0 Å². The molecule has 2 rings (SSSR count). The number of nitrogens with zero attached hydrogens (tertiary/aromatic N) is 2. The summed E-state index contributed by atoms with van der Waals surface area (Å²) >= 11 is 1.41. The minimum atomic E-state index is -0.156. The van der Waals surface area contributed by atoms with Crippen LogP contribution in [-0.2, 0) is 16.0 Å². The molecule has 7 heteroatoms. The molecule has 0 fully saturated rings. The Kier molecular flexibility index (Phi) is 8.39. The van der Waals surface area contributed by atoms with Crippen molar-refractivity contribution in [2.24, 2.45) is 0 Å². The van der Waals surface area contributed by atoms with Crippen molar-refractivity contribution in [2.75, 3.05) is 13.2 Å². The molecule has 0 aliphatic heterocycles. The molecular formula is C20H27N3O3S. The molecule has 0 aliphatic carbocycles. The fourth-order valence-electron chi connectivity index (χ4n) is 2.62. The molecule has 146 valence electrons. The molecule has 2 heterocycles. The number of carbonyl (C=O) groups excluding carboxylic acids is 2. The zero-order valence-corrected chi connectivity index (χ0v) is 17.0. The maximum atomic E-state index is 12.4. The predicted molar refractivity (Wildman–Crippen MR) is 107 cm³/mol. The lowest BCUT2D eigenvalue weighted by Gasteiger charge is -2.04. The summed E-state index contributed by atoms with van der Waals surface area (Å²) in [6.07, 6.45) is 5.57. The van der Waals surface area contributed by atoms with Gasteiger partial charge in [0.1, 0.15) is 9.88 Å². The van der Waals surface area contributed by atoms with Gasteiger partial charge in [0, 0.05) is 30.4 Å². The molecule has 2 aromatic heterocycles. The second-order valence-corrected chi connectivity index (χ2v) is 7.19. The third-order valence-corrected chi connectivity index (χ3v) is 5.28. The number of ether oxygens (including phenoxy) is 1. The summed E-state index contributed by atoms with van der Waals surface area (Å²) in [4.78, 5) is 33.2. The Morgan fingerprint density at radius 2 is 2.04 bits per heavy atom. The standard InChI is InChI=1S/C20H27N3O3S/c1-4-16-13-15(10-12-21-16)20-23-14(3)18(27-20)19(25)22-11-8-6-7-9-17(24)26-5-2/h10,12-13H,4-9,11H2,1-3H3,(H,22,25). The van der Waals surface area contributed by atoms with Gasteiger partial charge < -0.3 is 10.1 Å². The zero-order valence-electron chi connectivity index (χ0n) is 16.2. The Morgan fingerprint density at radius 3 is 2.78 bits per heavy atom. The number of carbonyl (C=O) groups is 2. The molecule has 0 aliphatic rings. The number of aryl methyl sites for hydroxylation is 2. The number of pyridine rings is 1. The van der Waals surface area contributed by atoms with E-state index in [-0.39, 0.29) is 11.9 Å². The van der Waals surface area contributed by atoms with Crippen LogP contribution in [0.5, 0.6) is 0 Å². The lowest BCUT2D eigenvalue weighted by molar-refractivity contribution is -0.143. The molecule has 6 nitrogen and oxygen atoms in total. The summed E-state index contributed by atoms with van der Waals surface area (Å²) in [6, 6.07) is 3.94. The van der Waals surface area contributed by atoms with Crippen LogP contribution in [0.3, 0.4) is 0 Å². The van der Waals surface area contributed by atoms with Crippen LogP contribution in [0.1, 0.15) is 60.6 Å². The van der Waals surface area contributed by atoms with E-state index < -0.39 is 0 Å². The summed E-state index contributed by atoms with van der Waals surface area (Å²) in [7, 11) is 0. The Morgan fingerprint density at radius 1 is 1.22 bits per heavy atom. The Labute approximate surface area is 164 Å². The first-order chi connectivity index (χ1) is 13.0. The Bertz CT molecular complexity index is 774. The van der Waals surface area contributed by atoms with Gasteiger partial charge in [-0.15, -0.1) is 11.3 Å². The van der Waals surface area contributed by atoms with Crippen molar-refractivity contribution in [3.63, 3.8) is 0 Å². The third-order valence-electron chi connectivity index (χ3n) is 4.08. The lowest BCUT2D eigenvalue weighted by Crippen LogP contribution is -2.24. The first-order valence-electron chi connectivity index (χ1n) is 9.41. The van der Waals surface area contributed by atoms with Crippen molar-refractivity contribution in [1.29, 1.82) is 0 Å². The average molecular weight is 390 g/mol. The highest BCUT2D eigenvalue weighted by atomic mass is 32.1. The number of hydrogen-bond acceptors (Lipinski definition) is 6. The van der Waals surface area contributed by atoms with Crippen LogP contribution < -0.4 is 5.32 Å². The van der Waals surface area contributed by atoms with Gasteiger partial charge in [0.15, 0.2) is 0 Å². The fourth-order valence-corrected chi connectivity index (χ4v) is 3.60. The molecule has 1 N–H and O–H groups in total. The second kappa shape index (κ2) is 10.8. The number of aromatic nitrogens is 2. The maximum absolute atomic E-state index is 12.4. The number of rotatable bonds is 10. The summed E-state index contributed by atoms with van der Waals surface area (Å²) < 4.78 is 4.89. The van der Waals surface area contributed by atoms with Gasteiger partial charge in [-0.2, -0.15) is 0 Å². The molecule has 1 amide bonds. The summed E-state index contributed by atoms with van der Waals surface area (Å²) in [5.74, 6) is -0.247. The van der Waals surface area contributed by atoms with Gasteiger partial charge in [0.05, 0.1) is 12.3 Å². The van der Waals surface area contributed by atoms with Gasteiger partial charge in [-0.1, -0.05) is 13.3 Å². The number of thiazole rings is 1. The van der Waals surface area contributed by atoms with E-state index in [0.29, 0.717) is 24.4 Å². The van der Waals surface area contributed by atoms with Crippen LogP contribution in [0, 0.1) is 6.92 Å². The first-order valence-corrected chi connectivity index (χ1v) is 10.2. The lowest BCUT2D eigenvalue weighted by atomic mass is 10.2. The van der Waals surface area contributed by atoms with Gasteiger partial charge in [-0.3, -0.25) is 14.6 Å². The minimum Gasteiger partial charge on any atom is -0.466 e. The molecule has 0 saturated carbocycles. The first kappa shape index (κ1) is 21.0. The van der Waals surface area contributed by atoms with Crippen LogP contribution in [-0.4, -0.2) is 35.0 Å². The molecule has 0 spiro atoms. The number of unbranched alkanes of at least 4 members (excludes halogenated alkanes) is 2. The molecule has 0 saturated heterocycles. The Hall–Kier alpha value is -2.28. The minimum absolute atomic E-state index is 0.0913. The molecule has 0 atom stereocenters. The largest absolute Gasteiger partial charge is 0.466 e. The summed E-state index contributed by atoms with van der Waals surface area (Å²) in [6.45, 7) is 6.73. The van der Waals surface area contributed by atoms with Crippen LogP contribution in [0.25, 0.3) is 10.6 Å². The quantitative estimate of drug-likeness (QED) is 0.492. The monoisotopic (exact) mass is 389 g/mol. The zero-order chi connectivity index (χ0) is 19.6. The average Bonchev–Trinajstić information content (AvgIpc) is 3.06. The third kappa shape index (κ3) is 6.43. The van der Waals surface area contributed by atoms with E-state index in [1.54, 1.807) is 13.1 Å². The highest BCUT2D eigenvalue weighted by Crippen LogP contribution is 2.28. The van der Waals surface area contributed by atoms with Gasteiger partial charge in [-0.05, 0) is 45.2 Å². The number of hydrogen-bond donors (Lipinski definition) is 1. The van der Waals surface area contributed by atoms with Crippen molar-refractivity contribution in [1.82, 2.24) is 15.3 Å². The molecular weight excluding hydrogens is 362 g/mol. The topological polar surface area (TPSA) is 81.2 Å². The van der Waals surface area contributed by atoms with Crippen LogP contribution in [0.4, 0.5) is 0 Å². The van der Waals surface area contributed by atoms with Crippen molar-refractivity contribution in [3.05, 3.63) is 34.6 Å². The van der Waals surface area contributed by atoms with E-state index in [1.807, 2.05) is 19.1 Å². The van der Waals surface area contributed by atoms with E-state index in [1.165, 1.54) is 11.3 Å². The van der Waals surface area contributed by atoms with Crippen molar-refractivity contribution >= 4 is 23.2 Å². The van der Waals surface area contributed by atoms with Crippen molar-refractivity contribution < 1.29 is 14.3 Å². The van der Waals surface area contributed by atoms with Gasteiger partial charge in [0.2, 0.25) is 0 Å². The molecule has 0 bridgehead atoms. The van der Waals surface area contributed by atoms with E-state index in [9.17, 15) is 9.59 Å². The fraction of sp³-hybridized carbons (Fsp3) is 0.500. The van der Waals surface area contributed by atoms with E-state index in [0.717, 1.165) is 47.6 Å². The number of esters is 1. The maximum Gasteiger partial charge on any atom is 0.305 e. The van der Waals surface area contributed by atoms with E-state index in [4.69, 9.17) is 4.74 Å². The molecule has 0 radical (unpaired) electrons. The number of nitrogens with one attached hydrogen (secondary N) is 1. The van der Waals surface area contributed by atoms with Gasteiger partial charge >= 0.3 is 5.97 Å². The van der Waals surface area contributed by atoms with Crippen LogP contribution >= 0.6 is 11.3 Å². The highest BCUT2D eigenvalue weighted by molar-refractivity contribution is 7.17. The van der Waals surface area contributed by atoms with E-state index in [2.05, 4.69) is 22.2 Å². The van der Waals surface area contributed by atoms with E-state index >= 15 is 0 Å². The summed E-state index contributed by atoms with van der Waals surface area (Å²) in [5, 5.41) is 3.78. The smallest absolute Gasteiger partial charge is 0.305 e. The van der Waals surface area contributed by atoms with Crippen LogP contribution in [0.15, 0.2) is 18.3 Å². The van der Waals surface area contributed by atoms with Crippen molar-refractivity contribution in [2.45, 2.75) is 52.9 Å². The number of amides is 1. The van der Waals surface area contributed by atoms with Gasteiger partial charge in [-0.25, -0.2) is 4.98 Å². The molecule has 27 heavy (non-hydrogen) atoms. The summed E-state index contributed by atoms with van der Waals surface area (Å²) in [5.41, 5.74) is 2.74. The molecule has 0 aromatic carbocycles. The second-order valence-electron chi connectivity index (χ2n) is 6.19. The van der Waals surface area contributed by atoms with Gasteiger partial charge in [0.25, 0.3) is 5.91 Å². The highest BCUT2D eigenvalue weighted by Gasteiger charge is 2.16. The molecule has 0 unspecified atom stereocenters. The molecule has 2 aromatic rings. The SMILES string of the molecule is CCOC(=O)CCCCCNC(=O)c1sc(-c2ccnc(CC)c2)nc1C. The Balaban J connectivity index is 1.83. The normalized spacial score (nSPS) is 10.6. The van der Waals surface area contributed by atoms with Crippen molar-refractivity contribution in [3.8, 4) is 10.6 Å².